The van der Waals surface area contributed by atoms with Crippen molar-refractivity contribution in [2.45, 2.75) is 51.9 Å². The zero-order chi connectivity index (χ0) is 20.4. The molecule has 1 aromatic rings. The van der Waals surface area contributed by atoms with E-state index in [4.69, 9.17) is 11.6 Å². The molecule has 6 nitrogen and oxygen atoms in total. The molecule has 0 aliphatic heterocycles. The maximum absolute atomic E-state index is 11.0. The number of phenolic OH excluding ortho intramolecular Hbond substituents is 1. The van der Waals surface area contributed by atoms with E-state index in [1.54, 1.807) is 45.1 Å². The number of primary sulfonamides is 1. The van der Waals surface area contributed by atoms with E-state index < -0.39 is 10.0 Å². The van der Waals surface area contributed by atoms with Gasteiger partial charge in [0.2, 0.25) is 10.0 Å². The second-order valence-corrected chi connectivity index (χ2v) is 9.25. The van der Waals surface area contributed by atoms with Gasteiger partial charge in [-0.05, 0) is 42.9 Å². The van der Waals surface area contributed by atoms with Gasteiger partial charge < -0.3 is 10.4 Å². The zero-order valence-electron chi connectivity index (χ0n) is 16.1. The van der Waals surface area contributed by atoms with Crippen LogP contribution in [0.4, 0.5) is 0 Å². The fourth-order valence-electron chi connectivity index (χ4n) is 2.67. The average Bonchev–Trinajstić information content (AvgIpc) is 3.34. The van der Waals surface area contributed by atoms with Gasteiger partial charge in [0.15, 0.2) is 0 Å². The Bertz CT molecular complexity index is 702. The molecule has 1 amide bonds. The summed E-state index contributed by atoms with van der Waals surface area (Å²) in [6.45, 7) is 1.77. The SMILES string of the molecule is C1CC(CC2CC2)C1.CCCS(N)(=O)=O.CNC(=O)c1ccc(Cl)cc1O. The third kappa shape index (κ3) is 10.6. The van der Waals surface area contributed by atoms with Crippen LogP contribution in [0.2, 0.25) is 5.02 Å². The van der Waals surface area contributed by atoms with Crippen LogP contribution >= 0.6 is 11.6 Å². The Morgan fingerprint density at radius 3 is 2.19 bits per heavy atom. The summed E-state index contributed by atoms with van der Waals surface area (Å²) in [7, 11) is -1.68. The number of nitrogens with one attached hydrogen (secondary N) is 1. The second kappa shape index (κ2) is 11.5. The van der Waals surface area contributed by atoms with Gasteiger partial charge >= 0.3 is 0 Å². The van der Waals surface area contributed by atoms with Crippen LogP contribution in [-0.4, -0.2) is 32.2 Å². The van der Waals surface area contributed by atoms with Gasteiger partial charge in [-0.3, -0.25) is 4.79 Å². The minimum absolute atomic E-state index is 0.0903. The van der Waals surface area contributed by atoms with Crippen molar-refractivity contribution >= 4 is 27.5 Å². The molecule has 2 fully saturated rings. The Morgan fingerprint density at radius 2 is 1.85 bits per heavy atom. The lowest BCUT2D eigenvalue weighted by Crippen LogP contribution is -2.17. The quantitative estimate of drug-likeness (QED) is 0.677. The van der Waals surface area contributed by atoms with E-state index in [1.165, 1.54) is 37.4 Å². The highest BCUT2D eigenvalue weighted by Crippen LogP contribution is 2.41. The lowest BCUT2D eigenvalue weighted by atomic mass is 9.82. The third-order valence-corrected chi connectivity index (χ3v) is 5.72. The van der Waals surface area contributed by atoms with E-state index >= 15 is 0 Å². The molecule has 0 radical (unpaired) electrons. The predicted molar refractivity (Wildman–Crippen MR) is 109 cm³/mol. The van der Waals surface area contributed by atoms with Gasteiger partial charge in [-0.25, -0.2) is 13.6 Å². The van der Waals surface area contributed by atoms with E-state index in [-0.39, 0.29) is 23.0 Å². The summed E-state index contributed by atoms with van der Waals surface area (Å²) < 4.78 is 20.0. The molecule has 1 aromatic carbocycles. The minimum Gasteiger partial charge on any atom is -0.507 e. The molecule has 154 valence electrons. The molecular weight excluding hydrogens is 388 g/mol. The Labute approximate surface area is 167 Å². The van der Waals surface area contributed by atoms with Gasteiger partial charge in [0.1, 0.15) is 5.75 Å². The van der Waals surface area contributed by atoms with Crippen LogP contribution in [0.15, 0.2) is 18.2 Å². The van der Waals surface area contributed by atoms with E-state index in [2.05, 4.69) is 10.5 Å². The van der Waals surface area contributed by atoms with Crippen molar-refractivity contribution < 1.29 is 18.3 Å². The first kappa shape index (κ1) is 23.7. The number of rotatable bonds is 5. The van der Waals surface area contributed by atoms with Crippen molar-refractivity contribution in [1.82, 2.24) is 5.32 Å². The number of halogens is 1. The van der Waals surface area contributed by atoms with Crippen LogP contribution < -0.4 is 10.5 Å². The lowest BCUT2D eigenvalue weighted by molar-refractivity contribution is 0.0960. The molecular formula is C19H31ClN2O4S. The molecule has 0 bridgehead atoms. The molecule has 0 atom stereocenters. The fourth-order valence-corrected chi connectivity index (χ4v) is 3.40. The van der Waals surface area contributed by atoms with E-state index in [9.17, 15) is 18.3 Å². The second-order valence-electron chi connectivity index (χ2n) is 7.08. The molecule has 2 saturated carbocycles. The number of aromatic hydroxyl groups is 1. The van der Waals surface area contributed by atoms with Gasteiger partial charge in [0, 0.05) is 12.1 Å². The van der Waals surface area contributed by atoms with Crippen molar-refractivity contribution in [1.29, 1.82) is 0 Å². The molecule has 8 heteroatoms. The summed E-state index contributed by atoms with van der Waals surface area (Å²) in [5, 5.41) is 16.7. The average molecular weight is 419 g/mol. The lowest BCUT2D eigenvalue weighted by Gasteiger charge is -2.24. The monoisotopic (exact) mass is 418 g/mol. The summed E-state index contributed by atoms with van der Waals surface area (Å²) in [6, 6.07) is 4.34. The molecule has 0 aromatic heterocycles. The number of hydrogen-bond acceptors (Lipinski definition) is 4. The maximum atomic E-state index is 11.0. The Hall–Kier alpha value is -1.31. The van der Waals surface area contributed by atoms with E-state index in [0.717, 1.165) is 0 Å². The maximum Gasteiger partial charge on any atom is 0.254 e. The van der Waals surface area contributed by atoms with Crippen LogP contribution in [0, 0.1) is 11.8 Å². The van der Waals surface area contributed by atoms with Crippen LogP contribution in [0.3, 0.4) is 0 Å². The number of hydrogen-bond donors (Lipinski definition) is 3. The number of carbonyl (C=O) groups is 1. The number of sulfonamides is 1. The van der Waals surface area contributed by atoms with Crippen molar-refractivity contribution in [3.8, 4) is 5.75 Å². The summed E-state index contributed by atoms with van der Waals surface area (Å²) in [5.74, 6) is 2.00. The summed E-state index contributed by atoms with van der Waals surface area (Å²) in [5.41, 5.74) is 0.224. The zero-order valence-corrected chi connectivity index (χ0v) is 17.7. The number of benzene rings is 1. The van der Waals surface area contributed by atoms with Crippen LogP contribution in [0.5, 0.6) is 5.75 Å². The number of carbonyl (C=O) groups excluding carboxylic acids is 1. The Kier molecular flexibility index (Phi) is 10.1. The Morgan fingerprint density at radius 1 is 1.26 bits per heavy atom. The molecule has 0 spiro atoms. The molecule has 2 aliphatic carbocycles. The number of nitrogens with two attached hydrogens (primary N) is 1. The molecule has 0 unspecified atom stereocenters. The summed E-state index contributed by atoms with van der Waals surface area (Å²) in [4.78, 5) is 11.0. The highest BCUT2D eigenvalue weighted by Gasteiger charge is 2.28. The molecule has 0 heterocycles. The van der Waals surface area contributed by atoms with Gasteiger partial charge in [-0.1, -0.05) is 50.6 Å². The fraction of sp³-hybridized carbons (Fsp3) is 0.632. The topological polar surface area (TPSA) is 109 Å². The molecule has 27 heavy (non-hydrogen) atoms. The summed E-state index contributed by atoms with van der Waals surface area (Å²) >= 11 is 5.57. The predicted octanol–water partition coefficient (Wildman–Crippen LogP) is 3.68. The van der Waals surface area contributed by atoms with E-state index in [0.29, 0.717) is 11.4 Å². The van der Waals surface area contributed by atoms with Gasteiger partial charge in [0.25, 0.3) is 5.91 Å². The van der Waals surface area contributed by atoms with Crippen LogP contribution in [0.25, 0.3) is 0 Å². The largest absolute Gasteiger partial charge is 0.507 e. The first-order valence-electron chi connectivity index (χ1n) is 9.37. The Balaban J connectivity index is 0.000000212. The van der Waals surface area contributed by atoms with Gasteiger partial charge in [-0.15, -0.1) is 0 Å². The molecule has 0 saturated heterocycles. The van der Waals surface area contributed by atoms with Crippen molar-refractivity contribution in [2.75, 3.05) is 12.8 Å². The van der Waals surface area contributed by atoms with Gasteiger partial charge in [-0.2, -0.15) is 0 Å². The highest BCUT2D eigenvalue weighted by atomic mass is 35.5. The standard InChI is InChI=1S/C8H8ClNO2.C8H14.C3H9NO2S/c1-10-8(12)6-3-2-5(9)4-7(6)11;1-2-7(3-1)6-8-4-5-8;1-2-3-7(4,5)6/h2-4,11H,1H3,(H,10,12);7-8H,1-6H2;2-3H2,1H3,(H2,4,5,6). The van der Waals surface area contributed by atoms with Crippen LogP contribution in [-0.2, 0) is 10.0 Å². The highest BCUT2D eigenvalue weighted by molar-refractivity contribution is 7.89. The first-order chi connectivity index (χ1) is 12.7. The first-order valence-corrected chi connectivity index (χ1v) is 11.5. The molecule has 4 N–H and O–H groups in total. The third-order valence-electron chi connectivity index (χ3n) is 4.51. The minimum atomic E-state index is -3.17. The summed E-state index contributed by atoms with van der Waals surface area (Å²) in [6.07, 6.45) is 9.91. The van der Waals surface area contributed by atoms with Gasteiger partial charge in [0.05, 0.1) is 11.3 Å². The van der Waals surface area contributed by atoms with Crippen molar-refractivity contribution in [3.05, 3.63) is 28.8 Å². The molecule has 2 aliphatic rings. The number of amides is 1. The van der Waals surface area contributed by atoms with Crippen molar-refractivity contribution in [2.24, 2.45) is 17.0 Å². The normalized spacial score (nSPS) is 16.1. The van der Waals surface area contributed by atoms with E-state index in [1.807, 2.05) is 0 Å². The van der Waals surface area contributed by atoms with Crippen molar-refractivity contribution in [3.63, 3.8) is 0 Å². The van der Waals surface area contributed by atoms with Crippen LogP contribution in [0.1, 0.15) is 62.2 Å². The number of phenols is 1. The smallest absolute Gasteiger partial charge is 0.254 e. The molecule has 3 rings (SSSR count).